The highest BCUT2D eigenvalue weighted by Crippen LogP contribution is 2.48. The summed E-state index contributed by atoms with van der Waals surface area (Å²) in [5, 5.41) is -0.987. The zero-order valence-corrected chi connectivity index (χ0v) is 18.2. The van der Waals surface area contributed by atoms with Gasteiger partial charge < -0.3 is 9.30 Å². The molecule has 0 fully saturated rings. The average Bonchev–Trinajstić information content (AvgIpc) is 3.50. The van der Waals surface area contributed by atoms with Gasteiger partial charge in [0, 0.05) is 27.4 Å². The van der Waals surface area contributed by atoms with E-state index >= 15 is 0 Å². The van der Waals surface area contributed by atoms with Crippen LogP contribution in [0.15, 0.2) is 127 Å². The second-order valence-electron chi connectivity index (χ2n) is 8.06. The minimum absolute atomic E-state index is 0.0122. The molecule has 8 rings (SSSR count). The van der Waals surface area contributed by atoms with Gasteiger partial charge in [-0.1, -0.05) is 90.7 Å². The molecule has 0 aliphatic carbocycles. The second-order valence-corrected chi connectivity index (χ2v) is 8.06. The van der Waals surface area contributed by atoms with Crippen molar-refractivity contribution in [2.45, 2.75) is 0 Å². The van der Waals surface area contributed by atoms with E-state index in [1.54, 1.807) is 24.3 Å². The van der Waals surface area contributed by atoms with Gasteiger partial charge in [0.15, 0.2) is 0 Å². The lowest BCUT2D eigenvalue weighted by atomic mass is 9.90. The van der Waals surface area contributed by atoms with Crippen LogP contribution in [0.3, 0.4) is 0 Å². The van der Waals surface area contributed by atoms with Crippen LogP contribution in [0, 0.1) is 0 Å². The molecule has 2 heteroatoms. The van der Waals surface area contributed by atoms with Crippen molar-refractivity contribution in [3.05, 3.63) is 127 Å². The van der Waals surface area contributed by atoms with E-state index in [-0.39, 0.29) is 44.6 Å². The lowest BCUT2D eigenvalue weighted by Crippen LogP contribution is -1.97. The van der Waals surface area contributed by atoms with Crippen LogP contribution in [-0.2, 0) is 0 Å². The van der Waals surface area contributed by atoms with Crippen LogP contribution < -0.4 is 4.74 Å². The van der Waals surface area contributed by atoms with E-state index in [1.807, 2.05) is 0 Å². The van der Waals surface area contributed by atoms with E-state index < -0.39 is 125 Å². The Labute approximate surface area is 232 Å². The predicted molar refractivity (Wildman–Crippen MR) is 149 cm³/mol. The van der Waals surface area contributed by atoms with Gasteiger partial charge >= 0.3 is 0 Å². The molecule has 36 heavy (non-hydrogen) atoms. The molecular weight excluding hydrogens is 438 g/mol. The first-order valence-corrected chi connectivity index (χ1v) is 10.9. The third-order valence-corrected chi connectivity index (χ3v) is 6.14. The van der Waals surface area contributed by atoms with Crippen LogP contribution in [0.4, 0.5) is 0 Å². The number of para-hydroxylation sites is 3. The number of aromatic nitrogens is 1. The maximum atomic E-state index is 9.65. The SMILES string of the molecule is [2H]c1c([2H])c([2H])c(-n2c3c([2H])c([2H])c([2H])c([2H])c3c3c([2H])c([2H])c(-c4c([2H])c([2H])c5c6c(c([2H])c([2H])c([2H])c46)-c4ccccc4O5)c([2H])c32)c([2H])c1[2H]. The third-order valence-electron chi connectivity index (χ3n) is 6.14. The zero-order chi connectivity index (χ0) is 38.4. The van der Waals surface area contributed by atoms with E-state index in [0.717, 1.165) is 4.57 Å². The predicted octanol–water partition coefficient (Wildman–Crippen LogP) is 9.38. The minimum Gasteiger partial charge on any atom is -0.456 e. The number of rotatable bonds is 2. The largest absolute Gasteiger partial charge is 0.456 e. The standard InChI is InChI=1S/C34H21NO/c1-2-9-23(10-3-1)35-30-15-6-4-11-25(30)26-18-17-22(21-31(26)35)24-19-20-33-34-28(24)13-8-14-29(34)27-12-5-7-16-32(27)36-33/h1-21H/i1D,2D,3D,4D,6D,8D,9D,10D,11D,13D,14D,15D,17D,18D,19D,20D,21D. The van der Waals surface area contributed by atoms with Crippen molar-refractivity contribution in [3.8, 4) is 39.4 Å². The highest BCUT2D eigenvalue weighted by molar-refractivity contribution is 6.13. The van der Waals surface area contributed by atoms with Gasteiger partial charge in [-0.2, -0.15) is 0 Å². The monoisotopic (exact) mass is 476 g/mol. The smallest absolute Gasteiger partial charge is 0.135 e. The molecule has 0 radical (unpaired) electrons. The first kappa shape index (κ1) is 9.33. The van der Waals surface area contributed by atoms with Crippen molar-refractivity contribution in [1.82, 2.24) is 4.57 Å². The molecule has 0 N–H and O–H groups in total. The fraction of sp³-hybridized carbons (Fsp3) is 0. The van der Waals surface area contributed by atoms with Gasteiger partial charge in [0.05, 0.1) is 34.3 Å². The molecular formula is C34H21NO. The average molecular weight is 477 g/mol. The van der Waals surface area contributed by atoms with Gasteiger partial charge in [-0.3, -0.25) is 0 Å². The fourth-order valence-electron chi connectivity index (χ4n) is 4.62. The molecule has 0 atom stereocenters. The highest BCUT2D eigenvalue weighted by atomic mass is 16.5. The van der Waals surface area contributed by atoms with Crippen molar-refractivity contribution >= 4 is 32.6 Å². The summed E-state index contributed by atoms with van der Waals surface area (Å²) in [4.78, 5) is 0. The van der Waals surface area contributed by atoms with E-state index in [9.17, 15) is 5.48 Å². The Morgan fingerprint density at radius 1 is 0.556 bits per heavy atom. The van der Waals surface area contributed by atoms with Crippen molar-refractivity contribution in [3.63, 3.8) is 0 Å². The molecule has 0 spiro atoms. The van der Waals surface area contributed by atoms with E-state index in [1.165, 1.54) is 0 Å². The number of hydrogen-bond acceptors (Lipinski definition) is 1. The lowest BCUT2D eigenvalue weighted by molar-refractivity contribution is 0.487. The van der Waals surface area contributed by atoms with E-state index in [0.29, 0.717) is 5.56 Å². The Balaban J connectivity index is 1.67. The van der Waals surface area contributed by atoms with Crippen LogP contribution in [-0.4, -0.2) is 4.57 Å². The van der Waals surface area contributed by atoms with Crippen molar-refractivity contribution in [1.29, 1.82) is 0 Å². The molecule has 0 amide bonds. The molecule has 0 bridgehead atoms. The molecule has 0 saturated carbocycles. The molecule has 0 unspecified atom stereocenters. The van der Waals surface area contributed by atoms with Gasteiger partial charge in [0.1, 0.15) is 11.5 Å². The Morgan fingerprint density at radius 3 is 2.31 bits per heavy atom. The van der Waals surface area contributed by atoms with Gasteiger partial charge in [-0.15, -0.1) is 0 Å². The minimum atomic E-state index is -0.799. The third kappa shape index (κ3) is 2.67. The zero-order valence-electron chi connectivity index (χ0n) is 35.2. The summed E-state index contributed by atoms with van der Waals surface area (Å²) in [6.45, 7) is 0. The van der Waals surface area contributed by atoms with E-state index in [2.05, 4.69) is 0 Å². The van der Waals surface area contributed by atoms with Gasteiger partial charge in [-0.25, -0.2) is 0 Å². The number of fused-ring (bicyclic) bond motifs is 5. The molecule has 1 aromatic heterocycles. The van der Waals surface area contributed by atoms with Crippen molar-refractivity contribution in [2.24, 2.45) is 0 Å². The maximum Gasteiger partial charge on any atom is 0.135 e. The molecule has 168 valence electrons. The summed E-state index contributed by atoms with van der Waals surface area (Å²) < 4.78 is 157. The Bertz CT molecular complexity index is 2870. The molecule has 0 saturated heterocycles. The number of hydrogen-bond donors (Lipinski definition) is 0. The second kappa shape index (κ2) is 7.34. The van der Waals surface area contributed by atoms with Crippen LogP contribution >= 0.6 is 0 Å². The van der Waals surface area contributed by atoms with Gasteiger partial charge in [0.2, 0.25) is 0 Å². The van der Waals surface area contributed by atoms with Crippen LogP contribution in [0.1, 0.15) is 23.3 Å². The normalized spacial score (nSPS) is 18.7. The Hall–Kier alpha value is -4.82. The maximum absolute atomic E-state index is 9.65. The van der Waals surface area contributed by atoms with Gasteiger partial charge in [0.25, 0.3) is 0 Å². The lowest BCUT2D eigenvalue weighted by Gasteiger charge is -2.22. The summed E-state index contributed by atoms with van der Waals surface area (Å²) >= 11 is 0. The summed E-state index contributed by atoms with van der Waals surface area (Å²) in [6, 6.07) is -5.32. The first-order valence-electron chi connectivity index (χ1n) is 19.4. The topological polar surface area (TPSA) is 14.2 Å². The number of ether oxygens (including phenoxy) is 1. The van der Waals surface area contributed by atoms with Crippen molar-refractivity contribution in [2.75, 3.05) is 0 Å². The summed E-state index contributed by atoms with van der Waals surface area (Å²) in [6.07, 6.45) is 0. The molecule has 2 heterocycles. The van der Waals surface area contributed by atoms with Crippen LogP contribution in [0.25, 0.3) is 60.5 Å². The Kier molecular flexibility index (Phi) is 1.90. The molecule has 1 aliphatic heterocycles. The Morgan fingerprint density at radius 2 is 1.36 bits per heavy atom. The number of nitrogens with zero attached hydrogens (tertiary/aromatic N) is 1. The summed E-state index contributed by atoms with van der Waals surface area (Å²) in [5.41, 5.74) is -2.01. The number of benzene rings is 6. The van der Waals surface area contributed by atoms with Crippen LogP contribution in [0.2, 0.25) is 0 Å². The quantitative estimate of drug-likeness (QED) is 0.242. The molecule has 7 aromatic rings. The summed E-state index contributed by atoms with van der Waals surface area (Å²) in [7, 11) is 0. The first-order chi connectivity index (χ1) is 24.9. The van der Waals surface area contributed by atoms with Crippen LogP contribution in [0.5, 0.6) is 11.5 Å². The molecule has 6 aromatic carbocycles. The van der Waals surface area contributed by atoms with E-state index in [4.69, 9.17) is 22.6 Å². The molecule has 1 aliphatic rings. The highest BCUT2D eigenvalue weighted by Gasteiger charge is 2.21. The summed E-state index contributed by atoms with van der Waals surface area (Å²) in [5.74, 6) is 0.0273. The van der Waals surface area contributed by atoms with Gasteiger partial charge in [-0.05, 0) is 58.4 Å². The molecule has 2 nitrogen and oxygen atoms in total. The fourth-order valence-corrected chi connectivity index (χ4v) is 4.62. The van der Waals surface area contributed by atoms with Crippen molar-refractivity contribution < 1.29 is 28.0 Å².